The van der Waals surface area contributed by atoms with Gasteiger partial charge in [-0.15, -0.1) is 0 Å². The summed E-state index contributed by atoms with van der Waals surface area (Å²) in [6.45, 7) is 0. The van der Waals surface area contributed by atoms with E-state index in [-0.39, 0.29) is 0 Å². The molecule has 0 unspecified atom stereocenters. The van der Waals surface area contributed by atoms with Gasteiger partial charge in [0.15, 0.2) is 0 Å². The number of halogens is 7. The van der Waals surface area contributed by atoms with Gasteiger partial charge in [0, 0.05) is 0 Å². The maximum Gasteiger partial charge on any atom is 0.419 e. The molecule has 0 spiro atoms. The Morgan fingerprint density at radius 3 is 1.53 bits per heavy atom. The molecule has 0 N–H and O–H groups in total. The highest BCUT2D eigenvalue weighted by molar-refractivity contribution is 6.50. The second-order valence-corrected chi connectivity index (χ2v) is 4.25. The van der Waals surface area contributed by atoms with Crippen LogP contribution in [0.2, 0.25) is 20.1 Å². The second kappa shape index (κ2) is 4.68. The van der Waals surface area contributed by atoms with Gasteiger partial charge in [-0.25, -0.2) is 0 Å². The molecule has 3 nitrogen and oxygen atoms in total. The van der Waals surface area contributed by atoms with Gasteiger partial charge in [-0.1, -0.05) is 46.4 Å². The fourth-order valence-corrected chi connectivity index (χ4v) is 2.22. The molecule has 0 aromatic heterocycles. The van der Waals surface area contributed by atoms with Crippen LogP contribution in [-0.2, 0) is 6.18 Å². The maximum atomic E-state index is 12.5. The summed E-state index contributed by atoms with van der Waals surface area (Å²) >= 11 is 21.3. The monoisotopic (exact) mass is 327 g/mol. The van der Waals surface area contributed by atoms with Crippen LogP contribution in [0.3, 0.4) is 0 Å². The Balaban J connectivity index is 3.77. The Labute approximate surface area is 112 Å². The number of hydrogen-bond donors (Lipinski definition) is 0. The molecule has 1 rings (SSSR count). The van der Waals surface area contributed by atoms with Crippen molar-refractivity contribution in [1.82, 2.24) is 0 Å². The predicted octanol–water partition coefficient (Wildman–Crippen LogP) is 5.23. The molecule has 0 saturated carbocycles. The first-order valence-electron chi connectivity index (χ1n) is 3.66. The SMILES string of the molecule is O=[N+]([O-])c1c(Cl)c(Cl)c(C(F)(F)F)c(Cl)c1Cl. The van der Waals surface area contributed by atoms with Crippen molar-refractivity contribution < 1.29 is 18.1 Å². The van der Waals surface area contributed by atoms with Gasteiger partial charge in [0.2, 0.25) is 0 Å². The molecule has 1 aromatic carbocycles. The lowest BCUT2D eigenvalue weighted by Gasteiger charge is -2.13. The molecule has 0 bridgehead atoms. The van der Waals surface area contributed by atoms with E-state index in [1.165, 1.54) is 0 Å². The molecular weight excluding hydrogens is 329 g/mol. The lowest BCUT2D eigenvalue weighted by Crippen LogP contribution is -2.09. The standard InChI is InChI=1S/C7Cl4F3NO2/c8-2-1(7(12,13)14)3(9)5(11)6(4(2)10)15(16)17. The van der Waals surface area contributed by atoms with Crippen molar-refractivity contribution in [1.29, 1.82) is 0 Å². The van der Waals surface area contributed by atoms with Gasteiger partial charge < -0.3 is 0 Å². The quantitative estimate of drug-likeness (QED) is 0.402. The first-order valence-corrected chi connectivity index (χ1v) is 5.17. The molecule has 0 saturated heterocycles. The summed E-state index contributed by atoms with van der Waals surface area (Å²) in [6, 6.07) is 0. The Hall–Kier alpha value is -0.430. The molecule has 0 aliphatic carbocycles. The summed E-state index contributed by atoms with van der Waals surface area (Å²) in [5, 5.41) is 6.63. The van der Waals surface area contributed by atoms with Gasteiger partial charge in [0.1, 0.15) is 10.0 Å². The van der Waals surface area contributed by atoms with E-state index in [0.29, 0.717) is 0 Å². The fourth-order valence-electron chi connectivity index (χ4n) is 1.03. The van der Waals surface area contributed by atoms with Gasteiger partial charge in [0.05, 0.1) is 20.5 Å². The highest BCUT2D eigenvalue weighted by atomic mass is 35.5. The van der Waals surface area contributed by atoms with E-state index >= 15 is 0 Å². The van der Waals surface area contributed by atoms with Crippen molar-refractivity contribution in [3.63, 3.8) is 0 Å². The van der Waals surface area contributed by atoms with E-state index in [1.807, 2.05) is 0 Å². The second-order valence-electron chi connectivity index (χ2n) is 2.73. The first-order chi connectivity index (χ1) is 7.59. The summed E-state index contributed by atoms with van der Waals surface area (Å²) in [5.74, 6) is 0. The van der Waals surface area contributed by atoms with Crippen molar-refractivity contribution in [2.45, 2.75) is 6.18 Å². The summed E-state index contributed by atoms with van der Waals surface area (Å²) in [5.41, 5.74) is -2.46. The van der Waals surface area contributed by atoms with Gasteiger partial charge >= 0.3 is 11.9 Å². The van der Waals surface area contributed by atoms with E-state index in [1.54, 1.807) is 0 Å². The third-order valence-corrected chi connectivity index (χ3v) is 3.39. The molecule has 17 heavy (non-hydrogen) atoms. The fraction of sp³-hybridized carbons (Fsp3) is 0.143. The van der Waals surface area contributed by atoms with Crippen molar-refractivity contribution in [3.8, 4) is 0 Å². The van der Waals surface area contributed by atoms with E-state index in [4.69, 9.17) is 46.4 Å². The van der Waals surface area contributed by atoms with E-state index in [9.17, 15) is 23.3 Å². The number of nitro benzene ring substituents is 1. The smallest absolute Gasteiger partial charge is 0.258 e. The van der Waals surface area contributed by atoms with Gasteiger partial charge in [-0.05, 0) is 0 Å². The van der Waals surface area contributed by atoms with Crippen LogP contribution in [0.4, 0.5) is 18.9 Å². The minimum Gasteiger partial charge on any atom is -0.258 e. The van der Waals surface area contributed by atoms with Crippen LogP contribution in [0.15, 0.2) is 0 Å². The number of nitro groups is 1. The van der Waals surface area contributed by atoms with Crippen LogP contribution in [0, 0.1) is 10.1 Å². The summed E-state index contributed by atoms with van der Waals surface area (Å²) in [6.07, 6.45) is -4.92. The Bertz CT molecular complexity index is 474. The van der Waals surface area contributed by atoms with Crippen LogP contribution in [0.5, 0.6) is 0 Å². The van der Waals surface area contributed by atoms with Crippen LogP contribution < -0.4 is 0 Å². The van der Waals surface area contributed by atoms with Crippen molar-refractivity contribution in [2.75, 3.05) is 0 Å². The molecule has 0 heterocycles. The molecule has 1 aromatic rings. The zero-order valence-corrected chi connectivity index (χ0v) is 10.4. The van der Waals surface area contributed by atoms with E-state index in [2.05, 4.69) is 0 Å². The highest BCUT2D eigenvalue weighted by Crippen LogP contribution is 2.50. The molecule has 94 valence electrons. The van der Waals surface area contributed by atoms with Crippen LogP contribution in [0.1, 0.15) is 5.56 Å². The topological polar surface area (TPSA) is 43.1 Å². The first kappa shape index (κ1) is 14.6. The summed E-state index contributed by atoms with van der Waals surface area (Å²) in [4.78, 5) is 9.48. The Morgan fingerprint density at radius 2 is 1.29 bits per heavy atom. The highest BCUT2D eigenvalue weighted by Gasteiger charge is 2.41. The molecule has 0 fully saturated rings. The molecule has 0 radical (unpaired) electrons. The number of benzene rings is 1. The normalized spacial score (nSPS) is 11.7. The zero-order valence-electron chi connectivity index (χ0n) is 7.41. The average molecular weight is 329 g/mol. The van der Waals surface area contributed by atoms with Crippen molar-refractivity contribution in [3.05, 3.63) is 35.8 Å². The van der Waals surface area contributed by atoms with E-state index in [0.717, 1.165) is 0 Å². The minimum absolute atomic E-state index is 0.904. The number of alkyl halides is 3. The minimum atomic E-state index is -4.92. The Morgan fingerprint density at radius 1 is 0.941 bits per heavy atom. The average Bonchev–Trinajstić information content (AvgIpc) is 2.12. The number of hydrogen-bond acceptors (Lipinski definition) is 2. The molecule has 10 heteroatoms. The lowest BCUT2D eigenvalue weighted by atomic mass is 10.2. The van der Waals surface area contributed by atoms with Crippen molar-refractivity contribution >= 4 is 52.1 Å². The maximum absolute atomic E-state index is 12.5. The third kappa shape index (κ3) is 2.54. The molecule has 0 amide bonds. The summed E-state index contributed by atoms with van der Waals surface area (Å²) < 4.78 is 37.6. The van der Waals surface area contributed by atoms with Crippen LogP contribution >= 0.6 is 46.4 Å². The van der Waals surface area contributed by atoms with Crippen molar-refractivity contribution in [2.24, 2.45) is 0 Å². The van der Waals surface area contributed by atoms with Gasteiger partial charge in [-0.2, -0.15) is 13.2 Å². The van der Waals surface area contributed by atoms with Crippen LogP contribution in [0.25, 0.3) is 0 Å². The Kier molecular flexibility index (Phi) is 4.03. The molecule has 0 aliphatic rings. The largest absolute Gasteiger partial charge is 0.419 e. The van der Waals surface area contributed by atoms with Gasteiger partial charge in [-0.3, -0.25) is 10.1 Å². The zero-order chi connectivity index (χ0) is 13.5. The van der Waals surface area contributed by atoms with Crippen LogP contribution in [-0.4, -0.2) is 4.92 Å². The lowest BCUT2D eigenvalue weighted by molar-refractivity contribution is -0.384. The van der Waals surface area contributed by atoms with Gasteiger partial charge in [0.25, 0.3) is 0 Å². The number of rotatable bonds is 1. The third-order valence-electron chi connectivity index (χ3n) is 1.71. The number of nitrogens with zero attached hydrogens (tertiary/aromatic N) is 1. The summed E-state index contributed by atoms with van der Waals surface area (Å²) in [7, 11) is 0. The molecular formula is C7Cl4F3NO2. The predicted molar refractivity (Wildman–Crippen MR) is 58.1 cm³/mol. The molecule has 0 atom stereocenters. The molecule has 0 aliphatic heterocycles. The van der Waals surface area contributed by atoms with E-state index < -0.39 is 42.4 Å².